The summed E-state index contributed by atoms with van der Waals surface area (Å²) < 4.78 is 0. The second-order valence-electron chi connectivity index (χ2n) is 8.54. The van der Waals surface area contributed by atoms with Crippen LogP contribution in [0, 0.1) is 11.8 Å². The molecule has 1 aliphatic heterocycles. The van der Waals surface area contributed by atoms with Gasteiger partial charge < -0.3 is 32.1 Å². The molecule has 7 N–H and O–H groups in total. The van der Waals surface area contributed by atoms with Gasteiger partial charge in [0, 0.05) is 6.54 Å². The van der Waals surface area contributed by atoms with Gasteiger partial charge in [-0.05, 0) is 24.7 Å². The lowest BCUT2D eigenvalue weighted by atomic mass is 9.96. The number of hydrogen-bond acceptors (Lipinski definition) is 6. The standard InChI is InChI=1S/C21H37N5O6/c1-5-11(3)16(23)20(30)26-9-7-8-14(26)18(28)25-17(12(4)6-2)19(29)24-13(21(31)32)10-15(22)27/h11-14,16-17H,5-10,23H2,1-4H3,(H2,22,27)(H,24,29)(H,25,28)(H,31,32). The molecule has 0 bridgehead atoms. The van der Waals surface area contributed by atoms with E-state index in [1.807, 2.05) is 20.8 Å². The van der Waals surface area contributed by atoms with Crippen LogP contribution in [0.25, 0.3) is 0 Å². The maximum Gasteiger partial charge on any atom is 0.326 e. The highest BCUT2D eigenvalue weighted by atomic mass is 16.4. The van der Waals surface area contributed by atoms with Crippen LogP contribution >= 0.6 is 0 Å². The lowest BCUT2D eigenvalue weighted by Crippen LogP contribution is -2.58. The summed E-state index contributed by atoms with van der Waals surface area (Å²) in [6.45, 7) is 7.78. The van der Waals surface area contributed by atoms with Gasteiger partial charge in [0.1, 0.15) is 18.1 Å². The highest BCUT2D eigenvalue weighted by Gasteiger charge is 2.39. The Labute approximate surface area is 188 Å². The number of carboxylic acids is 1. The minimum atomic E-state index is -1.50. The fraction of sp³-hybridized carbons (Fsp3) is 0.762. The highest BCUT2D eigenvalue weighted by Crippen LogP contribution is 2.21. The molecule has 0 aliphatic carbocycles. The van der Waals surface area contributed by atoms with E-state index in [1.54, 1.807) is 6.92 Å². The van der Waals surface area contributed by atoms with Crippen molar-refractivity contribution in [2.75, 3.05) is 6.54 Å². The van der Waals surface area contributed by atoms with Crippen LogP contribution in [-0.4, -0.2) is 70.3 Å². The molecule has 0 saturated carbocycles. The first-order chi connectivity index (χ1) is 14.9. The Kier molecular flexibility index (Phi) is 10.6. The maximum absolute atomic E-state index is 13.0. The SMILES string of the molecule is CCC(C)C(N)C(=O)N1CCCC1C(=O)NC(C(=O)NC(CC(N)=O)C(=O)O)C(C)CC. The molecule has 1 fully saturated rings. The lowest BCUT2D eigenvalue weighted by Gasteiger charge is -2.31. The Bertz CT molecular complexity index is 715. The molecule has 0 radical (unpaired) electrons. The Morgan fingerprint density at radius 1 is 1.06 bits per heavy atom. The minimum absolute atomic E-state index is 0.0383. The predicted octanol–water partition coefficient (Wildman–Crippen LogP) is -0.673. The Morgan fingerprint density at radius 2 is 1.66 bits per heavy atom. The fourth-order valence-electron chi connectivity index (χ4n) is 3.61. The molecule has 0 spiro atoms. The molecule has 6 atom stereocenters. The van der Waals surface area contributed by atoms with Gasteiger partial charge in [-0.15, -0.1) is 0 Å². The summed E-state index contributed by atoms with van der Waals surface area (Å²) in [4.78, 5) is 62.6. The van der Waals surface area contributed by atoms with Crippen molar-refractivity contribution >= 4 is 29.6 Å². The van der Waals surface area contributed by atoms with Crippen molar-refractivity contribution in [3.63, 3.8) is 0 Å². The summed E-state index contributed by atoms with van der Waals surface area (Å²) in [7, 11) is 0. The quantitative estimate of drug-likeness (QED) is 0.258. The van der Waals surface area contributed by atoms with Crippen LogP contribution in [0.15, 0.2) is 0 Å². The number of nitrogens with one attached hydrogen (secondary N) is 2. The van der Waals surface area contributed by atoms with Crippen LogP contribution in [0.5, 0.6) is 0 Å². The second-order valence-corrected chi connectivity index (χ2v) is 8.54. The number of primary amides is 1. The van der Waals surface area contributed by atoms with E-state index in [1.165, 1.54) is 4.90 Å². The van der Waals surface area contributed by atoms with Gasteiger partial charge >= 0.3 is 5.97 Å². The van der Waals surface area contributed by atoms with E-state index < -0.39 is 54.3 Å². The average molecular weight is 456 g/mol. The maximum atomic E-state index is 13.0. The van der Waals surface area contributed by atoms with Crippen LogP contribution in [-0.2, 0) is 24.0 Å². The third kappa shape index (κ3) is 7.18. The number of aliphatic carboxylic acids is 1. The molecular weight excluding hydrogens is 418 g/mol. The topological polar surface area (TPSA) is 185 Å². The molecule has 182 valence electrons. The number of nitrogens with zero attached hydrogens (tertiary/aromatic N) is 1. The number of carboxylic acid groups (broad SMARTS) is 1. The number of carbonyl (C=O) groups excluding carboxylic acids is 4. The van der Waals surface area contributed by atoms with Gasteiger partial charge in [0.15, 0.2) is 0 Å². The number of carbonyl (C=O) groups is 5. The third-order valence-electron chi connectivity index (χ3n) is 6.19. The number of rotatable bonds is 12. The smallest absolute Gasteiger partial charge is 0.326 e. The van der Waals surface area contributed by atoms with E-state index in [2.05, 4.69) is 10.6 Å². The highest BCUT2D eigenvalue weighted by molar-refractivity contribution is 5.95. The van der Waals surface area contributed by atoms with Gasteiger partial charge in [0.2, 0.25) is 23.6 Å². The van der Waals surface area contributed by atoms with E-state index in [9.17, 15) is 29.1 Å². The second kappa shape index (κ2) is 12.4. The van der Waals surface area contributed by atoms with Gasteiger partial charge in [-0.2, -0.15) is 0 Å². The van der Waals surface area contributed by atoms with Crippen molar-refractivity contribution < 1.29 is 29.1 Å². The summed E-state index contributed by atoms with van der Waals surface area (Å²) in [6.07, 6.45) is 1.76. The fourth-order valence-corrected chi connectivity index (χ4v) is 3.61. The van der Waals surface area contributed by atoms with E-state index in [0.717, 1.165) is 6.42 Å². The number of hydrogen-bond donors (Lipinski definition) is 5. The molecular formula is C21H37N5O6. The molecule has 1 aliphatic rings. The van der Waals surface area contributed by atoms with Crippen LogP contribution < -0.4 is 22.1 Å². The van der Waals surface area contributed by atoms with Crippen molar-refractivity contribution in [2.24, 2.45) is 23.3 Å². The normalized spacial score (nSPS) is 20.5. The summed E-state index contributed by atoms with van der Waals surface area (Å²) in [5, 5.41) is 14.2. The number of nitrogens with two attached hydrogens (primary N) is 2. The molecule has 32 heavy (non-hydrogen) atoms. The van der Waals surface area contributed by atoms with Crippen molar-refractivity contribution in [3.8, 4) is 0 Å². The first-order valence-corrected chi connectivity index (χ1v) is 11.1. The van der Waals surface area contributed by atoms with Crippen LogP contribution in [0.4, 0.5) is 0 Å². The van der Waals surface area contributed by atoms with E-state index in [-0.39, 0.29) is 17.7 Å². The third-order valence-corrected chi connectivity index (χ3v) is 6.19. The summed E-state index contributed by atoms with van der Waals surface area (Å²) in [5.74, 6) is -4.16. The molecule has 1 rings (SSSR count). The zero-order valence-corrected chi connectivity index (χ0v) is 19.3. The van der Waals surface area contributed by atoms with Gasteiger partial charge in [-0.3, -0.25) is 19.2 Å². The van der Waals surface area contributed by atoms with E-state index in [4.69, 9.17) is 11.5 Å². The van der Waals surface area contributed by atoms with E-state index in [0.29, 0.717) is 25.8 Å². The average Bonchev–Trinajstić information content (AvgIpc) is 3.24. The van der Waals surface area contributed by atoms with Crippen molar-refractivity contribution in [1.82, 2.24) is 15.5 Å². The van der Waals surface area contributed by atoms with Crippen molar-refractivity contribution in [2.45, 2.75) is 84.0 Å². The molecule has 4 amide bonds. The van der Waals surface area contributed by atoms with Crippen molar-refractivity contribution in [1.29, 1.82) is 0 Å². The zero-order chi connectivity index (χ0) is 24.6. The molecule has 1 heterocycles. The molecule has 11 nitrogen and oxygen atoms in total. The van der Waals surface area contributed by atoms with Crippen LogP contribution in [0.3, 0.4) is 0 Å². The van der Waals surface area contributed by atoms with Crippen LogP contribution in [0.1, 0.15) is 59.8 Å². The Hall–Kier alpha value is -2.69. The summed E-state index contributed by atoms with van der Waals surface area (Å²) >= 11 is 0. The lowest BCUT2D eigenvalue weighted by molar-refractivity contribution is -0.144. The van der Waals surface area contributed by atoms with E-state index >= 15 is 0 Å². The van der Waals surface area contributed by atoms with Gasteiger partial charge in [0.05, 0.1) is 12.5 Å². The zero-order valence-electron chi connectivity index (χ0n) is 19.3. The van der Waals surface area contributed by atoms with Gasteiger partial charge in [0.25, 0.3) is 0 Å². The first-order valence-electron chi connectivity index (χ1n) is 11.1. The monoisotopic (exact) mass is 455 g/mol. The van der Waals surface area contributed by atoms with Crippen molar-refractivity contribution in [3.05, 3.63) is 0 Å². The Balaban J connectivity index is 2.97. The van der Waals surface area contributed by atoms with Gasteiger partial charge in [-0.25, -0.2) is 4.79 Å². The summed E-state index contributed by atoms with van der Waals surface area (Å²) in [5.41, 5.74) is 11.1. The number of likely N-dealkylation sites (tertiary alicyclic amines) is 1. The molecule has 0 aromatic heterocycles. The molecule has 6 unspecified atom stereocenters. The summed E-state index contributed by atoms with van der Waals surface area (Å²) in [6, 6.07) is -4.00. The molecule has 0 aromatic carbocycles. The molecule has 11 heteroatoms. The van der Waals surface area contributed by atoms with Gasteiger partial charge in [-0.1, -0.05) is 40.5 Å². The first kappa shape index (κ1) is 27.3. The predicted molar refractivity (Wildman–Crippen MR) is 117 cm³/mol. The number of amides is 4. The largest absolute Gasteiger partial charge is 0.480 e. The Morgan fingerprint density at radius 3 is 2.16 bits per heavy atom. The minimum Gasteiger partial charge on any atom is -0.480 e. The molecule has 0 aromatic rings. The van der Waals surface area contributed by atoms with Crippen LogP contribution in [0.2, 0.25) is 0 Å². The molecule has 1 saturated heterocycles.